The second-order valence-electron chi connectivity index (χ2n) is 4.91. The fourth-order valence-corrected chi connectivity index (χ4v) is 1.98. The number of nitrogens with one attached hydrogen (secondary N) is 1. The van der Waals surface area contributed by atoms with E-state index in [1.807, 2.05) is 12.3 Å². The summed E-state index contributed by atoms with van der Waals surface area (Å²) in [5.74, 6) is 1.05. The van der Waals surface area contributed by atoms with Crippen LogP contribution in [0.1, 0.15) is 31.7 Å². The zero-order valence-electron chi connectivity index (χ0n) is 11.2. The van der Waals surface area contributed by atoms with E-state index in [0.29, 0.717) is 0 Å². The van der Waals surface area contributed by atoms with Gasteiger partial charge in [-0.3, -0.25) is 0 Å². The molecule has 1 saturated carbocycles. The van der Waals surface area contributed by atoms with Gasteiger partial charge in [-0.2, -0.15) is 0 Å². The molecule has 98 valence electrons. The van der Waals surface area contributed by atoms with Gasteiger partial charge in [-0.05, 0) is 30.9 Å². The third-order valence-electron chi connectivity index (χ3n) is 3.15. The fourth-order valence-electron chi connectivity index (χ4n) is 1.98. The normalized spacial score (nSPS) is 14.5. The first kappa shape index (κ1) is 13.1. The molecule has 1 heterocycles. The maximum Gasteiger partial charge on any atom is 0.128 e. The Morgan fingerprint density at radius 2 is 2.33 bits per heavy atom. The minimum Gasteiger partial charge on any atom is -0.353 e. The summed E-state index contributed by atoms with van der Waals surface area (Å²) in [5.41, 5.74) is 1.26. The van der Waals surface area contributed by atoms with Crippen LogP contribution in [0.15, 0.2) is 31.0 Å². The lowest BCUT2D eigenvalue weighted by Crippen LogP contribution is -2.25. The summed E-state index contributed by atoms with van der Waals surface area (Å²) in [5, 5.41) is 3.50. The highest BCUT2D eigenvalue weighted by Gasteiger charge is 2.19. The van der Waals surface area contributed by atoms with Gasteiger partial charge in [0, 0.05) is 31.9 Å². The molecule has 0 aliphatic heterocycles. The first-order valence-corrected chi connectivity index (χ1v) is 6.87. The average Bonchev–Trinajstić information content (AvgIpc) is 3.21. The van der Waals surface area contributed by atoms with Crippen LogP contribution in [-0.4, -0.2) is 24.1 Å². The van der Waals surface area contributed by atoms with Crippen molar-refractivity contribution in [3.63, 3.8) is 0 Å². The van der Waals surface area contributed by atoms with E-state index in [4.69, 9.17) is 0 Å². The quantitative estimate of drug-likeness (QED) is 0.714. The van der Waals surface area contributed by atoms with Crippen molar-refractivity contribution in [1.82, 2.24) is 10.3 Å². The number of anilines is 1. The van der Waals surface area contributed by atoms with Gasteiger partial charge in [-0.15, -0.1) is 6.58 Å². The van der Waals surface area contributed by atoms with E-state index in [2.05, 4.69) is 40.8 Å². The summed E-state index contributed by atoms with van der Waals surface area (Å²) < 4.78 is 0. The van der Waals surface area contributed by atoms with Gasteiger partial charge in [0.1, 0.15) is 5.82 Å². The standard InChI is InChI=1S/C15H23N3/c1-3-9-18(10-4-2)15-8-5-13(12-17-15)11-16-14-6-7-14/h3,5,8,12,14,16H,1,4,6-7,9-11H2,2H3. The predicted octanol–water partition coefficient (Wildman–Crippen LogP) is 2.74. The van der Waals surface area contributed by atoms with E-state index >= 15 is 0 Å². The Labute approximate surface area is 110 Å². The molecular weight excluding hydrogens is 222 g/mol. The van der Waals surface area contributed by atoms with Crippen LogP contribution in [0.25, 0.3) is 0 Å². The summed E-state index contributed by atoms with van der Waals surface area (Å²) in [4.78, 5) is 6.81. The molecular formula is C15H23N3. The van der Waals surface area contributed by atoms with Crippen molar-refractivity contribution in [3.05, 3.63) is 36.5 Å². The predicted molar refractivity (Wildman–Crippen MR) is 76.8 cm³/mol. The molecule has 1 N–H and O–H groups in total. The zero-order valence-corrected chi connectivity index (χ0v) is 11.2. The van der Waals surface area contributed by atoms with E-state index in [1.165, 1.54) is 18.4 Å². The highest BCUT2D eigenvalue weighted by molar-refractivity contribution is 5.40. The van der Waals surface area contributed by atoms with Gasteiger partial charge in [0.25, 0.3) is 0 Å². The van der Waals surface area contributed by atoms with Gasteiger partial charge in [-0.25, -0.2) is 4.98 Å². The summed E-state index contributed by atoms with van der Waals surface area (Å²) in [6, 6.07) is 5.04. The number of nitrogens with zero attached hydrogens (tertiary/aromatic N) is 2. The molecule has 0 amide bonds. The number of pyridine rings is 1. The Balaban J connectivity index is 1.92. The Bertz CT molecular complexity index is 368. The van der Waals surface area contributed by atoms with E-state index in [1.54, 1.807) is 0 Å². The van der Waals surface area contributed by atoms with Crippen molar-refractivity contribution in [1.29, 1.82) is 0 Å². The Kier molecular flexibility index (Phi) is 4.76. The summed E-state index contributed by atoms with van der Waals surface area (Å²) in [6.07, 6.45) is 7.70. The van der Waals surface area contributed by atoms with E-state index in [-0.39, 0.29) is 0 Å². The minimum atomic E-state index is 0.752. The molecule has 3 nitrogen and oxygen atoms in total. The molecule has 0 atom stereocenters. The van der Waals surface area contributed by atoms with Gasteiger partial charge < -0.3 is 10.2 Å². The number of hydrogen-bond acceptors (Lipinski definition) is 3. The van der Waals surface area contributed by atoms with Crippen LogP contribution in [0.3, 0.4) is 0 Å². The zero-order chi connectivity index (χ0) is 12.8. The second-order valence-corrected chi connectivity index (χ2v) is 4.91. The van der Waals surface area contributed by atoms with Crippen LogP contribution >= 0.6 is 0 Å². The lowest BCUT2D eigenvalue weighted by atomic mass is 10.2. The first-order valence-electron chi connectivity index (χ1n) is 6.87. The lowest BCUT2D eigenvalue weighted by Gasteiger charge is -2.21. The highest BCUT2D eigenvalue weighted by atomic mass is 15.2. The molecule has 1 aliphatic carbocycles. The molecule has 0 aromatic carbocycles. The molecule has 0 bridgehead atoms. The molecule has 18 heavy (non-hydrogen) atoms. The van der Waals surface area contributed by atoms with Gasteiger partial charge in [0.05, 0.1) is 0 Å². The number of aromatic nitrogens is 1. The first-order chi connectivity index (χ1) is 8.83. The molecule has 2 rings (SSSR count). The molecule has 0 spiro atoms. The Hall–Kier alpha value is -1.35. The van der Waals surface area contributed by atoms with Gasteiger partial charge in [-0.1, -0.05) is 19.1 Å². The summed E-state index contributed by atoms with van der Waals surface area (Å²) in [6.45, 7) is 8.81. The van der Waals surface area contributed by atoms with Gasteiger partial charge in [0.15, 0.2) is 0 Å². The van der Waals surface area contributed by atoms with Crippen molar-refractivity contribution in [2.24, 2.45) is 0 Å². The monoisotopic (exact) mass is 245 g/mol. The molecule has 0 saturated heterocycles. The van der Waals surface area contributed by atoms with Crippen molar-refractivity contribution < 1.29 is 0 Å². The van der Waals surface area contributed by atoms with E-state index in [0.717, 1.165) is 37.9 Å². The Morgan fingerprint density at radius 1 is 1.50 bits per heavy atom. The minimum absolute atomic E-state index is 0.752. The Morgan fingerprint density at radius 3 is 2.89 bits per heavy atom. The fraction of sp³-hybridized carbons (Fsp3) is 0.533. The van der Waals surface area contributed by atoms with Gasteiger partial charge >= 0.3 is 0 Å². The second kappa shape index (κ2) is 6.55. The van der Waals surface area contributed by atoms with Crippen LogP contribution in [0, 0.1) is 0 Å². The molecule has 1 aromatic rings. The van der Waals surface area contributed by atoms with Crippen LogP contribution in [0.2, 0.25) is 0 Å². The van der Waals surface area contributed by atoms with Crippen molar-refractivity contribution >= 4 is 5.82 Å². The molecule has 1 aromatic heterocycles. The molecule has 0 radical (unpaired) electrons. The lowest BCUT2D eigenvalue weighted by molar-refractivity contribution is 0.685. The number of hydrogen-bond donors (Lipinski definition) is 1. The molecule has 3 heteroatoms. The van der Waals surface area contributed by atoms with Gasteiger partial charge in [0.2, 0.25) is 0 Å². The highest BCUT2D eigenvalue weighted by Crippen LogP contribution is 2.19. The molecule has 0 unspecified atom stereocenters. The molecule has 1 aliphatic rings. The third-order valence-corrected chi connectivity index (χ3v) is 3.15. The average molecular weight is 245 g/mol. The smallest absolute Gasteiger partial charge is 0.128 e. The van der Waals surface area contributed by atoms with E-state index < -0.39 is 0 Å². The van der Waals surface area contributed by atoms with Crippen LogP contribution in [0.4, 0.5) is 5.82 Å². The van der Waals surface area contributed by atoms with Crippen LogP contribution < -0.4 is 10.2 Å². The number of rotatable bonds is 8. The largest absolute Gasteiger partial charge is 0.353 e. The van der Waals surface area contributed by atoms with Crippen LogP contribution in [-0.2, 0) is 6.54 Å². The maximum atomic E-state index is 4.55. The van der Waals surface area contributed by atoms with E-state index in [9.17, 15) is 0 Å². The third kappa shape index (κ3) is 3.84. The van der Waals surface area contributed by atoms with Crippen molar-refractivity contribution in [3.8, 4) is 0 Å². The van der Waals surface area contributed by atoms with Crippen molar-refractivity contribution in [2.75, 3.05) is 18.0 Å². The SMILES string of the molecule is C=CCN(CCC)c1ccc(CNC2CC2)cn1. The maximum absolute atomic E-state index is 4.55. The summed E-state index contributed by atoms with van der Waals surface area (Å²) >= 11 is 0. The van der Waals surface area contributed by atoms with Crippen LogP contribution in [0.5, 0.6) is 0 Å². The topological polar surface area (TPSA) is 28.2 Å². The summed E-state index contributed by atoms with van der Waals surface area (Å²) in [7, 11) is 0. The molecule has 1 fully saturated rings. The van der Waals surface area contributed by atoms with Crippen molar-refractivity contribution in [2.45, 2.75) is 38.8 Å².